The smallest absolute Gasteiger partial charge is 0.309 e. The molecule has 1 unspecified atom stereocenters. The number of aliphatic hydroxyl groups is 2. The Balaban J connectivity index is 3.25. The van der Waals surface area contributed by atoms with Gasteiger partial charge >= 0.3 is 5.97 Å². The number of thioether (sulfide) groups is 2. The second kappa shape index (κ2) is 10.6. The minimum absolute atomic E-state index is 0.228. The number of carbonyl (C=O) groups is 1. The third-order valence-corrected chi connectivity index (χ3v) is 4.17. The van der Waals surface area contributed by atoms with Crippen molar-refractivity contribution in [2.75, 3.05) is 36.2 Å². The van der Waals surface area contributed by atoms with Crippen LogP contribution < -0.4 is 0 Å². The van der Waals surface area contributed by atoms with Gasteiger partial charge in [0.15, 0.2) is 0 Å². The van der Waals surface area contributed by atoms with E-state index in [1.807, 2.05) is 0 Å². The van der Waals surface area contributed by atoms with Crippen LogP contribution in [0.2, 0.25) is 0 Å². The minimum atomic E-state index is -0.932. The quantitative estimate of drug-likeness (QED) is 0.494. The lowest BCUT2D eigenvalue weighted by molar-refractivity contribution is -0.142. The first-order chi connectivity index (χ1) is 7.22. The minimum Gasteiger partial charge on any atom is -0.481 e. The van der Waals surface area contributed by atoms with Crippen LogP contribution in [-0.2, 0) is 4.79 Å². The molecule has 4 nitrogen and oxygen atoms in total. The summed E-state index contributed by atoms with van der Waals surface area (Å²) < 4.78 is 0. The zero-order valence-electron chi connectivity index (χ0n) is 8.59. The fraction of sp³-hybridized carbons (Fsp3) is 0.889. The van der Waals surface area contributed by atoms with E-state index in [1.165, 1.54) is 0 Å². The number of hydrogen-bond acceptors (Lipinski definition) is 5. The molecule has 0 saturated carbocycles. The van der Waals surface area contributed by atoms with Gasteiger partial charge in [0.05, 0.1) is 12.5 Å². The molecule has 0 aromatic carbocycles. The van der Waals surface area contributed by atoms with Crippen molar-refractivity contribution in [2.24, 2.45) is 5.92 Å². The average molecular weight is 254 g/mol. The Hall–Kier alpha value is 0.0900. The molecule has 0 spiro atoms. The predicted octanol–water partition coefficient (Wildman–Crippen LogP) is 0.528. The summed E-state index contributed by atoms with van der Waals surface area (Å²) in [4.78, 5) is 10.5. The average Bonchev–Trinajstić information content (AvgIpc) is 2.21. The van der Waals surface area contributed by atoms with Crippen molar-refractivity contribution in [3.8, 4) is 0 Å². The third kappa shape index (κ3) is 9.04. The molecule has 0 rings (SSSR count). The van der Waals surface area contributed by atoms with Crippen molar-refractivity contribution in [2.45, 2.75) is 6.42 Å². The molecule has 0 aliphatic carbocycles. The van der Waals surface area contributed by atoms with Crippen LogP contribution in [0.25, 0.3) is 0 Å². The molecular weight excluding hydrogens is 236 g/mol. The number of carboxylic acid groups (broad SMARTS) is 1. The van der Waals surface area contributed by atoms with E-state index in [-0.39, 0.29) is 13.2 Å². The van der Waals surface area contributed by atoms with Crippen LogP contribution in [-0.4, -0.2) is 57.5 Å². The Morgan fingerprint density at radius 1 is 1.13 bits per heavy atom. The van der Waals surface area contributed by atoms with E-state index < -0.39 is 11.9 Å². The van der Waals surface area contributed by atoms with Crippen molar-refractivity contribution in [1.29, 1.82) is 0 Å². The van der Waals surface area contributed by atoms with Crippen molar-refractivity contribution in [1.82, 2.24) is 0 Å². The SMILES string of the molecule is O=C(O)C(CO)CSCCSCCCO. The number of hydrogen-bond donors (Lipinski definition) is 3. The molecule has 0 radical (unpaired) electrons. The first kappa shape index (κ1) is 15.1. The standard InChI is InChI=1S/C9H18O4S2/c10-2-1-3-14-4-5-15-7-8(6-11)9(12)13/h8,10-11H,1-7H2,(H,12,13). The van der Waals surface area contributed by atoms with E-state index in [0.29, 0.717) is 5.75 Å². The highest BCUT2D eigenvalue weighted by molar-refractivity contribution is 8.02. The number of carboxylic acids is 1. The fourth-order valence-electron chi connectivity index (χ4n) is 0.814. The highest BCUT2D eigenvalue weighted by Gasteiger charge is 2.15. The Kier molecular flexibility index (Phi) is 10.7. The van der Waals surface area contributed by atoms with Crippen molar-refractivity contribution in [3.63, 3.8) is 0 Å². The van der Waals surface area contributed by atoms with E-state index >= 15 is 0 Å². The number of rotatable bonds is 10. The molecule has 1 atom stereocenters. The van der Waals surface area contributed by atoms with Gasteiger partial charge < -0.3 is 15.3 Å². The van der Waals surface area contributed by atoms with Crippen molar-refractivity contribution >= 4 is 29.5 Å². The van der Waals surface area contributed by atoms with Gasteiger partial charge in [-0.3, -0.25) is 4.79 Å². The highest BCUT2D eigenvalue weighted by Crippen LogP contribution is 2.12. The van der Waals surface area contributed by atoms with Gasteiger partial charge in [-0.1, -0.05) is 0 Å². The Labute approximate surface area is 98.4 Å². The maximum absolute atomic E-state index is 10.5. The van der Waals surface area contributed by atoms with Gasteiger partial charge in [-0.05, 0) is 12.2 Å². The predicted molar refractivity (Wildman–Crippen MR) is 64.6 cm³/mol. The molecule has 0 saturated heterocycles. The van der Waals surface area contributed by atoms with E-state index in [4.69, 9.17) is 15.3 Å². The van der Waals surface area contributed by atoms with E-state index in [0.717, 1.165) is 23.7 Å². The Bertz CT molecular complexity index is 166. The number of aliphatic carboxylic acids is 1. The zero-order chi connectivity index (χ0) is 11.5. The van der Waals surface area contributed by atoms with Crippen LogP contribution in [0.5, 0.6) is 0 Å². The first-order valence-electron chi connectivity index (χ1n) is 4.82. The summed E-state index contributed by atoms with van der Waals surface area (Å²) in [6.07, 6.45) is 0.809. The van der Waals surface area contributed by atoms with Crippen LogP contribution >= 0.6 is 23.5 Å². The Morgan fingerprint density at radius 2 is 1.80 bits per heavy atom. The van der Waals surface area contributed by atoms with Gasteiger partial charge in [0.1, 0.15) is 0 Å². The van der Waals surface area contributed by atoms with E-state index in [9.17, 15) is 4.79 Å². The maximum Gasteiger partial charge on any atom is 0.309 e. The maximum atomic E-state index is 10.5. The van der Waals surface area contributed by atoms with Crippen LogP contribution in [0.4, 0.5) is 0 Å². The lowest BCUT2D eigenvalue weighted by atomic mass is 10.2. The molecule has 3 N–H and O–H groups in total. The van der Waals surface area contributed by atoms with E-state index in [1.54, 1.807) is 23.5 Å². The topological polar surface area (TPSA) is 77.8 Å². The van der Waals surface area contributed by atoms with Crippen LogP contribution in [0.3, 0.4) is 0 Å². The lowest BCUT2D eigenvalue weighted by Gasteiger charge is -2.07. The van der Waals surface area contributed by atoms with E-state index in [2.05, 4.69) is 0 Å². The summed E-state index contributed by atoms with van der Waals surface area (Å²) in [7, 11) is 0. The fourth-order valence-corrected chi connectivity index (χ4v) is 2.99. The molecule has 15 heavy (non-hydrogen) atoms. The molecule has 0 amide bonds. The second-order valence-electron chi connectivity index (χ2n) is 2.98. The molecule has 0 bridgehead atoms. The van der Waals surface area contributed by atoms with Gasteiger partial charge in [0.2, 0.25) is 0 Å². The molecule has 6 heteroatoms. The molecular formula is C9H18O4S2. The van der Waals surface area contributed by atoms with Gasteiger partial charge in [-0.15, -0.1) is 0 Å². The van der Waals surface area contributed by atoms with Crippen molar-refractivity contribution < 1.29 is 20.1 Å². The van der Waals surface area contributed by atoms with Crippen molar-refractivity contribution in [3.05, 3.63) is 0 Å². The zero-order valence-corrected chi connectivity index (χ0v) is 10.2. The largest absolute Gasteiger partial charge is 0.481 e. The summed E-state index contributed by atoms with van der Waals surface area (Å²) in [6.45, 7) is -0.0638. The summed E-state index contributed by atoms with van der Waals surface area (Å²) in [5.74, 6) is 1.68. The summed E-state index contributed by atoms with van der Waals surface area (Å²) in [5.41, 5.74) is 0. The van der Waals surface area contributed by atoms with Gasteiger partial charge in [-0.2, -0.15) is 23.5 Å². The molecule has 0 aromatic heterocycles. The van der Waals surface area contributed by atoms with Gasteiger partial charge in [-0.25, -0.2) is 0 Å². The number of aliphatic hydroxyl groups excluding tert-OH is 2. The highest BCUT2D eigenvalue weighted by atomic mass is 32.2. The Morgan fingerprint density at radius 3 is 2.33 bits per heavy atom. The summed E-state index contributed by atoms with van der Waals surface area (Å²) >= 11 is 3.30. The molecule has 0 heterocycles. The lowest BCUT2D eigenvalue weighted by Crippen LogP contribution is -2.20. The third-order valence-electron chi connectivity index (χ3n) is 1.71. The van der Waals surface area contributed by atoms with Crippen LogP contribution in [0.15, 0.2) is 0 Å². The molecule has 0 aliphatic rings. The van der Waals surface area contributed by atoms with Gasteiger partial charge in [0, 0.05) is 23.9 Å². The monoisotopic (exact) mass is 254 g/mol. The normalized spacial score (nSPS) is 12.7. The van der Waals surface area contributed by atoms with Crippen LogP contribution in [0, 0.1) is 5.92 Å². The first-order valence-corrected chi connectivity index (χ1v) is 7.13. The molecule has 0 fully saturated rings. The molecule has 0 aliphatic heterocycles. The van der Waals surface area contributed by atoms with Gasteiger partial charge in [0.25, 0.3) is 0 Å². The molecule has 0 aromatic rings. The second-order valence-corrected chi connectivity index (χ2v) is 5.36. The summed E-state index contributed by atoms with van der Waals surface area (Å²) in [6, 6.07) is 0. The summed E-state index contributed by atoms with van der Waals surface area (Å²) in [5, 5.41) is 25.9. The van der Waals surface area contributed by atoms with Crippen LogP contribution in [0.1, 0.15) is 6.42 Å². The molecule has 90 valence electrons.